The summed E-state index contributed by atoms with van der Waals surface area (Å²) in [4.78, 5) is 0. The molecule has 1 aromatic carbocycles. The molecule has 4 heteroatoms. The maximum atomic E-state index is 12.8. The molecule has 1 N–H and O–H groups in total. The van der Waals surface area contributed by atoms with Gasteiger partial charge >= 0.3 is 0 Å². The molecule has 0 saturated carbocycles. The summed E-state index contributed by atoms with van der Waals surface area (Å²) in [6, 6.07) is 8.67. The highest BCUT2D eigenvalue weighted by atomic mass is 19.1. The first-order valence-electron chi connectivity index (χ1n) is 6.72. The van der Waals surface area contributed by atoms with Crippen molar-refractivity contribution in [3.8, 4) is 0 Å². The molecule has 0 aliphatic carbocycles. The van der Waals surface area contributed by atoms with Gasteiger partial charge in [0, 0.05) is 23.0 Å². The SMILES string of the molecule is Cc1cc(/C=N\Nc2ccc(F)cc2)c(C)n1C(C)C. The van der Waals surface area contributed by atoms with Crippen LogP contribution in [0.3, 0.4) is 0 Å². The van der Waals surface area contributed by atoms with Gasteiger partial charge in [-0.05, 0) is 58.0 Å². The Bertz CT molecular complexity index is 609. The van der Waals surface area contributed by atoms with Crippen molar-refractivity contribution < 1.29 is 4.39 Å². The number of hydrazone groups is 1. The third-order valence-corrected chi connectivity index (χ3v) is 3.28. The van der Waals surface area contributed by atoms with Gasteiger partial charge in [-0.2, -0.15) is 5.10 Å². The summed E-state index contributed by atoms with van der Waals surface area (Å²) in [5, 5.41) is 4.21. The van der Waals surface area contributed by atoms with Crippen LogP contribution in [0.1, 0.15) is 36.8 Å². The summed E-state index contributed by atoms with van der Waals surface area (Å²) in [7, 11) is 0. The Balaban J connectivity index is 2.12. The fourth-order valence-corrected chi connectivity index (χ4v) is 2.43. The molecular weight excluding hydrogens is 253 g/mol. The monoisotopic (exact) mass is 273 g/mol. The molecule has 0 saturated heterocycles. The summed E-state index contributed by atoms with van der Waals surface area (Å²) in [5.41, 5.74) is 7.17. The first kappa shape index (κ1) is 14.3. The summed E-state index contributed by atoms with van der Waals surface area (Å²) < 4.78 is 15.1. The van der Waals surface area contributed by atoms with E-state index in [4.69, 9.17) is 0 Å². The predicted octanol–water partition coefficient (Wildman–Crippen LogP) is 4.27. The minimum atomic E-state index is -0.250. The zero-order chi connectivity index (χ0) is 14.7. The van der Waals surface area contributed by atoms with E-state index in [9.17, 15) is 4.39 Å². The molecule has 0 aliphatic rings. The smallest absolute Gasteiger partial charge is 0.123 e. The van der Waals surface area contributed by atoms with Gasteiger partial charge in [-0.3, -0.25) is 5.43 Å². The topological polar surface area (TPSA) is 29.3 Å². The first-order chi connectivity index (χ1) is 9.49. The molecule has 0 amide bonds. The second-order valence-corrected chi connectivity index (χ2v) is 5.17. The van der Waals surface area contributed by atoms with Gasteiger partial charge in [0.1, 0.15) is 5.82 Å². The van der Waals surface area contributed by atoms with Crippen LogP contribution in [-0.4, -0.2) is 10.8 Å². The number of halogens is 1. The van der Waals surface area contributed by atoms with Crippen molar-refractivity contribution >= 4 is 11.9 Å². The van der Waals surface area contributed by atoms with Gasteiger partial charge < -0.3 is 4.57 Å². The van der Waals surface area contributed by atoms with Crippen LogP contribution >= 0.6 is 0 Å². The Hall–Kier alpha value is -2.10. The Labute approximate surface area is 119 Å². The second kappa shape index (κ2) is 5.90. The first-order valence-corrected chi connectivity index (χ1v) is 6.72. The molecule has 2 aromatic rings. The number of anilines is 1. The van der Waals surface area contributed by atoms with Gasteiger partial charge in [0.15, 0.2) is 0 Å². The lowest BCUT2D eigenvalue weighted by Gasteiger charge is -2.13. The number of rotatable bonds is 4. The maximum absolute atomic E-state index is 12.8. The van der Waals surface area contributed by atoms with Crippen LogP contribution in [0.25, 0.3) is 0 Å². The van der Waals surface area contributed by atoms with Crippen molar-refractivity contribution in [3.05, 3.63) is 53.1 Å². The number of benzene rings is 1. The Morgan fingerprint density at radius 3 is 2.40 bits per heavy atom. The summed E-state index contributed by atoms with van der Waals surface area (Å²) in [6.45, 7) is 8.51. The minimum absolute atomic E-state index is 0.250. The molecule has 1 aromatic heterocycles. The Morgan fingerprint density at radius 1 is 1.20 bits per heavy atom. The van der Waals surface area contributed by atoms with Gasteiger partial charge in [0.2, 0.25) is 0 Å². The van der Waals surface area contributed by atoms with Crippen molar-refractivity contribution in [1.29, 1.82) is 0 Å². The molecular formula is C16H20FN3. The van der Waals surface area contributed by atoms with Crippen LogP contribution < -0.4 is 5.43 Å². The van der Waals surface area contributed by atoms with Gasteiger partial charge in [0.25, 0.3) is 0 Å². The molecule has 3 nitrogen and oxygen atoms in total. The van der Waals surface area contributed by atoms with Crippen LogP contribution in [0.4, 0.5) is 10.1 Å². The standard InChI is InChI=1S/C16H20FN3/c1-11(2)20-12(3)9-14(13(20)4)10-18-19-16-7-5-15(17)6-8-16/h5-11,19H,1-4H3/b18-10-. The average molecular weight is 273 g/mol. The lowest BCUT2D eigenvalue weighted by atomic mass is 10.2. The van der Waals surface area contributed by atoms with E-state index < -0.39 is 0 Å². The highest BCUT2D eigenvalue weighted by Gasteiger charge is 2.09. The van der Waals surface area contributed by atoms with Crippen molar-refractivity contribution in [1.82, 2.24) is 4.57 Å². The zero-order valence-corrected chi connectivity index (χ0v) is 12.3. The Morgan fingerprint density at radius 2 is 1.85 bits per heavy atom. The van der Waals surface area contributed by atoms with Crippen LogP contribution in [0.5, 0.6) is 0 Å². The van der Waals surface area contributed by atoms with E-state index in [0.717, 1.165) is 11.3 Å². The quantitative estimate of drug-likeness (QED) is 0.654. The second-order valence-electron chi connectivity index (χ2n) is 5.17. The summed E-state index contributed by atoms with van der Waals surface area (Å²) in [5.74, 6) is -0.250. The molecule has 0 fully saturated rings. The van der Waals surface area contributed by atoms with Crippen molar-refractivity contribution in [3.63, 3.8) is 0 Å². The van der Waals surface area contributed by atoms with E-state index in [-0.39, 0.29) is 5.82 Å². The molecule has 0 unspecified atom stereocenters. The number of aryl methyl sites for hydroxylation is 1. The van der Waals surface area contributed by atoms with Crippen molar-refractivity contribution in [2.24, 2.45) is 5.10 Å². The number of nitrogens with zero attached hydrogens (tertiary/aromatic N) is 2. The van der Waals surface area contributed by atoms with Crippen molar-refractivity contribution in [2.45, 2.75) is 33.7 Å². The molecule has 2 rings (SSSR count). The van der Waals surface area contributed by atoms with E-state index in [2.05, 4.69) is 48.9 Å². The third kappa shape index (κ3) is 3.07. The molecule has 0 radical (unpaired) electrons. The number of nitrogens with one attached hydrogen (secondary N) is 1. The molecule has 0 aliphatic heterocycles. The Kier molecular flexibility index (Phi) is 4.23. The average Bonchev–Trinajstić information content (AvgIpc) is 2.67. The van der Waals surface area contributed by atoms with Crippen LogP contribution in [-0.2, 0) is 0 Å². The summed E-state index contributed by atoms with van der Waals surface area (Å²) in [6.07, 6.45) is 1.80. The molecule has 20 heavy (non-hydrogen) atoms. The normalized spacial score (nSPS) is 11.5. The van der Waals surface area contributed by atoms with Gasteiger partial charge in [-0.15, -0.1) is 0 Å². The largest absolute Gasteiger partial charge is 0.346 e. The number of hydrogen-bond donors (Lipinski definition) is 1. The van der Waals surface area contributed by atoms with E-state index in [1.54, 1.807) is 18.3 Å². The van der Waals surface area contributed by atoms with E-state index in [1.165, 1.54) is 23.5 Å². The lowest BCUT2D eigenvalue weighted by Crippen LogP contribution is -2.05. The number of aromatic nitrogens is 1. The number of hydrogen-bond acceptors (Lipinski definition) is 2. The van der Waals surface area contributed by atoms with E-state index in [1.807, 2.05) is 0 Å². The predicted molar refractivity (Wildman–Crippen MR) is 81.9 cm³/mol. The van der Waals surface area contributed by atoms with Gasteiger partial charge in [-0.1, -0.05) is 0 Å². The highest BCUT2D eigenvalue weighted by Crippen LogP contribution is 2.18. The maximum Gasteiger partial charge on any atom is 0.123 e. The van der Waals surface area contributed by atoms with Crippen molar-refractivity contribution in [2.75, 3.05) is 5.43 Å². The van der Waals surface area contributed by atoms with Crippen LogP contribution in [0.2, 0.25) is 0 Å². The van der Waals surface area contributed by atoms with Gasteiger partial charge in [-0.25, -0.2) is 4.39 Å². The molecule has 0 spiro atoms. The van der Waals surface area contributed by atoms with E-state index in [0.29, 0.717) is 6.04 Å². The minimum Gasteiger partial charge on any atom is -0.346 e. The molecule has 0 bridgehead atoms. The van der Waals surface area contributed by atoms with Crippen LogP contribution in [0.15, 0.2) is 35.4 Å². The van der Waals surface area contributed by atoms with Gasteiger partial charge in [0.05, 0.1) is 11.9 Å². The van der Waals surface area contributed by atoms with E-state index >= 15 is 0 Å². The zero-order valence-electron chi connectivity index (χ0n) is 12.3. The molecule has 106 valence electrons. The van der Waals surface area contributed by atoms with Crippen LogP contribution in [0, 0.1) is 19.7 Å². The lowest BCUT2D eigenvalue weighted by molar-refractivity contribution is 0.574. The molecule has 1 heterocycles. The fourth-order valence-electron chi connectivity index (χ4n) is 2.43. The fraction of sp³-hybridized carbons (Fsp3) is 0.312. The highest BCUT2D eigenvalue weighted by molar-refractivity contribution is 5.82. The third-order valence-electron chi connectivity index (χ3n) is 3.28. The molecule has 0 atom stereocenters. The summed E-state index contributed by atoms with van der Waals surface area (Å²) >= 11 is 0.